The van der Waals surface area contributed by atoms with E-state index in [0.29, 0.717) is 0 Å². The van der Waals surface area contributed by atoms with Crippen LogP contribution in [0.4, 0.5) is 10.5 Å². The third-order valence-corrected chi connectivity index (χ3v) is 4.54. The number of amides is 2. The molecule has 2 amide bonds. The van der Waals surface area contributed by atoms with Gasteiger partial charge in [-0.25, -0.2) is 4.79 Å². The Morgan fingerprint density at radius 2 is 1.67 bits per heavy atom. The normalized spacial score (nSPS) is 13.8. The van der Waals surface area contributed by atoms with E-state index in [4.69, 9.17) is 0 Å². The van der Waals surface area contributed by atoms with Crippen molar-refractivity contribution in [1.29, 1.82) is 0 Å². The summed E-state index contributed by atoms with van der Waals surface area (Å²) in [5.74, 6) is 0. The summed E-state index contributed by atoms with van der Waals surface area (Å²) in [6.45, 7) is 0. The largest absolute Gasteiger partial charge is 0.334 e. The van der Waals surface area contributed by atoms with E-state index in [1.165, 1.54) is 11.1 Å². The van der Waals surface area contributed by atoms with E-state index in [2.05, 4.69) is 34.9 Å². The van der Waals surface area contributed by atoms with Gasteiger partial charge in [-0.2, -0.15) is 0 Å². The molecule has 0 aromatic heterocycles. The van der Waals surface area contributed by atoms with Crippen molar-refractivity contribution < 1.29 is 4.79 Å². The van der Waals surface area contributed by atoms with E-state index in [-0.39, 0.29) is 12.1 Å². The minimum atomic E-state index is -0.130. The summed E-state index contributed by atoms with van der Waals surface area (Å²) in [6, 6.07) is 16.3. The number of nitrogens with one attached hydrogen (secondary N) is 2. The molecule has 3 rings (SSSR count). The van der Waals surface area contributed by atoms with Gasteiger partial charge in [0, 0.05) is 10.9 Å². The molecule has 0 fully saturated rings. The lowest BCUT2D eigenvalue weighted by Gasteiger charge is -2.14. The fraction of sp³-hybridized carbons (Fsp3) is 0.235. The summed E-state index contributed by atoms with van der Waals surface area (Å²) in [6.07, 6.45) is 3.83. The predicted molar refractivity (Wildman–Crippen MR) is 88.0 cm³/mol. The highest BCUT2D eigenvalue weighted by Gasteiger charge is 2.22. The predicted octanol–water partition coefficient (Wildman–Crippen LogP) is 3.70. The maximum absolute atomic E-state index is 12.2. The van der Waals surface area contributed by atoms with Crippen molar-refractivity contribution in [1.82, 2.24) is 5.32 Å². The van der Waals surface area contributed by atoms with Crippen LogP contribution in [0.5, 0.6) is 0 Å². The van der Waals surface area contributed by atoms with Crippen LogP contribution in [0.1, 0.15) is 11.1 Å². The Balaban J connectivity index is 1.61. The molecule has 0 saturated carbocycles. The van der Waals surface area contributed by atoms with Crippen molar-refractivity contribution in [3.8, 4) is 0 Å². The van der Waals surface area contributed by atoms with Crippen molar-refractivity contribution in [3.05, 3.63) is 59.7 Å². The molecular formula is C17H18N2OS. The Bertz CT molecular complexity index is 632. The summed E-state index contributed by atoms with van der Waals surface area (Å²) >= 11 is 1.63. The van der Waals surface area contributed by atoms with Gasteiger partial charge in [0.1, 0.15) is 0 Å². The second-order valence-electron chi connectivity index (χ2n) is 5.17. The lowest BCUT2D eigenvalue weighted by molar-refractivity contribution is 0.248. The molecule has 2 aromatic rings. The quantitative estimate of drug-likeness (QED) is 0.848. The molecular weight excluding hydrogens is 280 g/mol. The molecule has 0 bridgehead atoms. The Kier molecular flexibility index (Phi) is 4.15. The van der Waals surface area contributed by atoms with E-state index in [1.807, 2.05) is 30.5 Å². The van der Waals surface area contributed by atoms with E-state index < -0.39 is 0 Å². The minimum absolute atomic E-state index is 0.130. The number of urea groups is 1. The molecule has 2 N–H and O–H groups in total. The molecule has 0 spiro atoms. The van der Waals surface area contributed by atoms with Gasteiger partial charge >= 0.3 is 6.03 Å². The number of para-hydroxylation sites is 1. The summed E-state index contributed by atoms with van der Waals surface area (Å²) in [5.41, 5.74) is 3.54. The number of anilines is 1. The number of carbonyl (C=O) groups is 1. The Morgan fingerprint density at radius 3 is 2.33 bits per heavy atom. The zero-order valence-corrected chi connectivity index (χ0v) is 12.7. The topological polar surface area (TPSA) is 41.1 Å². The fourth-order valence-electron chi connectivity index (χ4n) is 2.75. The van der Waals surface area contributed by atoms with Crippen LogP contribution in [0, 0.1) is 0 Å². The summed E-state index contributed by atoms with van der Waals surface area (Å²) in [5, 5.41) is 6.01. The van der Waals surface area contributed by atoms with Gasteiger partial charge in [0.05, 0.1) is 5.69 Å². The van der Waals surface area contributed by atoms with Gasteiger partial charge in [-0.1, -0.05) is 36.4 Å². The molecule has 0 heterocycles. The molecule has 2 aromatic carbocycles. The molecule has 0 unspecified atom stereocenters. The first-order valence-corrected chi connectivity index (χ1v) is 8.26. The van der Waals surface area contributed by atoms with Gasteiger partial charge < -0.3 is 10.6 Å². The Morgan fingerprint density at radius 1 is 1.05 bits per heavy atom. The summed E-state index contributed by atoms with van der Waals surface area (Å²) in [4.78, 5) is 13.2. The maximum Gasteiger partial charge on any atom is 0.319 e. The van der Waals surface area contributed by atoms with Crippen LogP contribution < -0.4 is 10.6 Å². The smallest absolute Gasteiger partial charge is 0.319 e. The molecule has 0 atom stereocenters. The fourth-order valence-corrected chi connectivity index (χ4v) is 3.31. The van der Waals surface area contributed by atoms with Crippen LogP contribution in [-0.4, -0.2) is 18.3 Å². The second kappa shape index (κ2) is 6.22. The number of thioether (sulfide) groups is 1. The van der Waals surface area contributed by atoms with Crippen molar-refractivity contribution in [2.75, 3.05) is 11.6 Å². The maximum atomic E-state index is 12.2. The number of hydrogen-bond acceptors (Lipinski definition) is 2. The number of carbonyl (C=O) groups excluding carboxylic acids is 1. The highest BCUT2D eigenvalue weighted by molar-refractivity contribution is 7.98. The van der Waals surface area contributed by atoms with Crippen LogP contribution in [0.15, 0.2) is 53.4 Å². The van der Waals surface area contributed by atoms with Crippen LogP contribution >= 0.6 is 11.8 Å². The summed E-state index contributed by atoms with van der Waals surface area (Å²) in [7, 11) is 0. The zero-order chi connectivity index (χ0) is 14.7. The Hall–Kier alpha value is -1.94. The van der Waals surface area contributed by atoms with Gasteiger partial charge in [-0.3, -0.25) is 0 Å². The van der Waals surface area contributed by atoms with E-state index >= 15 is 0 Å². The molecule has 21 heavy (non-hydrogen) atoms. The van der Waals surface area contributed by atoms with E-state index in [9.17, 15) is 4.79 Å². The molecule has 0 radical (unpaired) electrons. The first-order valence-electron chi connectivity index (χ1n) is 7.03. The molecule has 4 heteroatoms. The van der Waals surface area contributed by atoms with Crippen LogP contribution in [0.2, 0.25) is 0 Å². The average Bonchev–Trinajstić information content (AvgIpc) is 2.89. The van der Waals surface area contributed by atoms with Crippen LogP contribution in [0.3, 0.4) is 0 Å². The van der Waals surface area contributed by atoms with Gasteiger partial charge in [0.2, 0.25) is 0 Å². The van der Waals surface area contributed by atoms with Crippen molar-refractivity contribution >= 4 is 23.5 Å². The van der Waals surface area contributed by atoms with Gasteiger partial charge in [-0.15, -0.1) is 11.8 Å². The van der Waals surface area contributed by atoms with Gasteiger partial charge in [0.15, 0.2) is 0 Å². The van der Waals surface area contributed by atoms with Crippen LogP contribution in [0.25, 0.3) is 0 Å². The summed E-state index contributed by atoms with van der Waals surface area (Å²) < 4.78 is 0. The lowest BCUT2D eigenvalue weighted by atomic mass is 10.1. The minimum Gasteiger partial charge on any atom is -0.334 e. The lowest BCUT2D eigenvalue weighted by Crippen LogP contribution is -2.38. The van der Waals surface area contributed by atoms with Gasteiger partial charge in [0.25, 0.3) is 0 Å². The number of fused-ring (bicyclic) bond motifs is 1. The molecule has 108 valence electrons. The first kappa shape index (κ1) is 14.0. The van der Waals surface area contributed by atoms with E-state index in [0.717, 1.165) is 23.4 Å². The van der Waals surface area contributed by atoms with Crippen molar-refractivity contribution in [2.45, 2.75) is 23.8 Å². The third-order valence-electron chi connectivity index (χ3n) is 3.74. The third kappa shape index (κ3) is 3.22. The highest BCUT2D eigenvalue weighted by Crippen LogP contribution is 2.25. The monoisotopic (exact) mass is 298 g/mol. The molecule has 3 nitrogen and oxygen atoms in total. The highest BCUT2D eigenvalue weighted by atomic mass is 32.2. The van der Waals surface area contributed by atoms with Crippen molar-refractivity contribution in [3.63, 3.8) is 0 Å². The second-order valence-corrected chi connectivity index (χ2v) is 6.02. The standard InChI is InChI=1S/C17H18N2OS/c1-21-16-9-5-4-8-15(16)19-17(20)18-14-10-12-6-2-3-7-13(12)11-14/h2-9,14H,10-11H2,1H3,(H2,18,19,20). The number of benzene rings is 2. The zero-order valence-electron chi connectivity index (χ0n) is 11.9. The first-order chi connectivity index (χ1) is 10.3. The average molecular weight is 298 g/mol. The van der Waals surface area contributed by atoms with Crippen molar-refractivity contribution in [2.24, 2.45) is 0 Å². The number of rotatable bonds is 3. The molecule has 1 aliphatic rings. The number of hydrogen-bond donors (Lipinski definition) is 2. The molecule has 1 aliphatic carbocycles. The van der Waals surface area contributed by atoms with Gasteiger partial charge in [-0.05, 0) is 42.4 Å². The molecule has 0 aliphatic heterocycles. The van der Waals surface area contributed by atoms with Crippen LogP contribution in [-0.2, 0) is 12.8 Å². The Labute approximate surface area is 129 Å². The SMILES string of the molecule is CSc1ccccc1NC(=O)NC1Cc2ccccc2C1. The molecule has 0 saturated heterocycles. The van der Waals surface area contributed by atoms with E-state index in [1.54, 1.807) is 11.8 Å².